The van der Waals surface area contributed by atoms with Crippen molar-refractivity contribution >= 4 is 5.91 Å². The number of aromatic nitrogens is 2. The first-order valence-corrected chi connectivity index (χ1v) is 7.43. The van der Waals surface area contributed by atoms with Gasteiger partial charge in [0.05, 0.1) is 5.92 Å². The Morgan fingerprint density at radius 2 is 2.14 bits per heavy atom. The van der Waals surface area contributed by atoms with Gasteiger partial charge in [-0.15, -0.1) is 0 Å². The molecule has 0 saturated carbocycles. The van der Waals surface area contributed by atoms with E-state index in [-0.39, 0.29) is 24.5 Å². The summed E-state index contributed by atoms with van der Waals surface area (Å²) in [5.41, 5.74) is 0. The van der Waals surface area contributed by atoms with Crippen molar-refractivity contribution < 1.29 is 14.1 Å². The molecule has 0 N–H and O–H groups in total. The van der Waals surface area contributed by atoms with Crippen molar-refractivity contribution in [3.8, 4) is 5.75 Å². The van der Waals surface area contributed by atoms with Crippen LogP contribution in [0.4, 0.5) is 0 Å². The number of carbonyl (C=O) groups is 1. The maximum absolute atomic E-state index is 11.9. The predicted molar refractivity (Wildman–Crippen MR) is 79.3 cm³/mol. The third-order valence-corrected chi connectivity index (χ3v) is 3.73. The molecule has 2 heterocycles. The topological polar surface area (TPSA) is 68.5 Å². The summed E-state index contributed by atoms with van der Waals surface area (Å²) >= 11 is 0. The van der Waals surface area contributed by atoms with Gasteiger partial charge in [0.2, 0.25) is 17.6 Å². The van der Waals surface area contributed by atoms with Crippen LogP contribution in [0.15, 0.2) is 34.9 Å². The van der Waals surface area contributed by atoms with Crippen LogP contribution in [0.1, 0.15) is 37.9 Å². The zero-order chi connectivity index (χ0) is 15.5. The van der Waals surface area contributed by atoms with E-state index in [0.717, 1.165) is 5.75 Å². The number of amides is 1. The highest BCUT2D eigenvalue weighted by molar-refractivity contribution is 5.79. The molecule has 1 aliphatic rings. The highest BCUT2D eigenvalue weighted by Crippen LogP contribution is 2.28. The van der Waals surface area contributed by atoms with Gasteiger partial charge in [-0.2, -0.15) is 4.98 Å². The maximum Gasteiger partial charge on any atom is 0.232 e. The summed E-state index contributed by atoms with van der Waals surface area (Å²) in [7, 11) is 0. The van der Waals surface area contributed by atoms with Crippen molar-refractivity contribution in [2.45, 2.75) is 38.8 Å². The van der Waals surface area contributed by atoms with Gasteiger partial charge in [-0.05, 0) is 26.0 Å². The summed E-state index contributed by atoms with van der Waals surface area (Å²) in [5.74, 6) is 1.89. The molecule has 1 unspecified atom stereocenters. The molecule has 1 aromatic carbocycles. The molecule has 0 radical (unpaired) electrons. The van der Waals surface area contributed by atoms with Crippen LogP contribution < -0.4 is 4.74 Å². The molecule has 22 heavy (non-hydrogen) atoms. The number of hydrogen-bond acceptors (Lipinski definition) is 5. The standard InChI is InChI=1S/C16H19N3O3/c1-11(2)19-9-12(8-15(19)20)16-17-14(18-22-16)10-21-13-6-4-3-5-7-13/h3-7,11-12H,8-10H2,1-2H3. The second-order valence-electron chi connectivity index (χ2n) is 5.69. The minimum atomic E-state index is -0.0205. The molecule has 1 saturated heterocycles. The molecule has 1 fully saturated rings. The lowest BCUT2D eigenvalue weighted by Crippen LogP contribution is -2.31. The molecule has 116 valence electrons. The van der Waals surface area contributed by atoms with Crippen LogP contribution in [0, 0.1) is 0 Å². The first kappa shape index (κ1) is 14.6. The van der Waals surface area contributed by atoms with E-state index < -0.39 is 0 Å². The highest BCUT2D eigenvalue weighted by atomic mass is 16.5. The number of likely N-dealkylation sites (tertiary alicyclic amines) is 1. The van der Waals surface area contributed by atoms with Crippen LogP contribution in [0.5, 0.6) is 5.75 Å². The van der Waals surface area contributed by atoms with E-state index in [1.807, 2.05) is 49.1 Å². The van der Waals surface area contributed by atoms with E-state index in [1.165, 1.54) is 0 Å². The van der Waals surface area contributed by atoms with Gasteiger partial charge in [0.1, 0.15) is 5.75 Å². The Morgan fingerprint density at radius 3 is 2.82 bits per heavy atom. The molecular formula is C16H19N3O3. The van der Waals surface area contributed by atoms with Gasteiger partial charge in [-0.3, -0.25) is 4.79 Å². The molecule has 1 aliphatic heterocycles. The Labute approximate surface area is 129 Å². The van der Waals surface area contributed by atoms with Gasteiger partial charge in [-0.1, -0.05) is 23.4 Å². The molecule has 1 amide bonds. The normalized spacial score (nSPS) is 18.2. The van der Waals surface area contributed by atoms with Gasteiger partial charge >= 0.3 is 0 Å². The van der Waals surface area contributed by atoms with Crippen LogP contribution in [0.3, 0.4) is 0 Å². The number of hydrogen-bond donors (Lipinski definition) is 0. The summed E-state index contributed by atoms with van der Waals surface area (Å²) < 4.78 is 10.9. The fourth-order valence-electron chi connectivity index (χ4n) is 2.55. The van der Waals surface area contributed by atoms with Crippen molar-refractivity contribution in [3.63, 3.8) is 0 Å². The Hall–Kier alpha value is -2.37. The zero-order valence-electron chi connectivity index (χ0n) is 12.7. The largest absolute Gasteiger partial charge is 0.485 e. The van der Waals surface area contributed by atoms with Gasteiger partial charge in [0.15, 0.2) is 6.61 Å². The Balaban J connectivity index is 1.61. The third kappa shape index (κ3) is 3.10. The number of rotatable bonds is 5. The number of para-hydroxylation sites is 1. The van der Waals surface area contributed by atoms with E-state index in [1.54, 1.807) is 0 Å². The first-order chi connectivity index (χ1) is 10.6. The van der Waals surface area contributed by atoms with E-state index in [9.17, 15) is 4.79 Å². The monoisotopic (exact) mass is 301 g/mol. The summed E-state index contributed by atoms with van der Waals surface area (Å²) in [4.78, 5) is 18.1. The van der Waals surface area contributed by atoms with E-state index in [2.05, 4.69) is 10.1 Å². The summed E-state index contributed by atoms with van der Waals surface area (Å²) in [6.45, 7) is 4.90. The average Bonchev–Trinajstić information content (AvgIpc) is 3.12. The van der Waals surface area contributed by atoms with E-state index in [0.29, 0.717) is 24.7 Å². The smallest absolute Gasteiger partial charge is 0.232 e. The number of carbonyl (C=O) groups excluding carboxylic acids is 1. The zero-order valence-corrected chi connectivity index (χ0v) is 12.7. The van der Waals surface area contributed by atoms with Crippen LogP contribution in [-0.4, -0.2) is 33.5 Å². The minimum absolute atomic E-state index is 0.0205. The second-order valence-corrected chi connectivity index (χ2v) is 5.69. The molecule has 6 heteroatoms. The fraction of sp³-hybridized carbons (Fsp3) is 0.438. The average molecular weight is 301 g/mol. The maximum atomic E-state index is 11.9. The number of ether oxygens (including phenoxy) is 1. The Morgan fingerprint density at radius 1 is 1.36 bits per heavy atom. The summed E-state index contributed by atoms with van der Waals surface area (Å²) in [5, 5.41) is 3.93. The van der Waals surface area contributed by atoms with Crippen LogP contribution in [0.2, 0.25) is 0 Å². The highest BCUT2D eigenvalue weighted by Gasteiger charge is 2.35. The molecule has 0 aliphatic carbocycles. The van der Waals surface area contributed by atoms with Crippen molar-refractivity contribution in [1.82, 2.24) is 15.0 Å². The number of benzene rings is 1. The lowest BCUT2D eigenvalue weighted by Gasteiger charge is -2.20. The third-order valence-electron chi connectivity index (χ3n) is 3.73. The van der Waals surface area contributed by atoms with Crippen molar-refractivity contribution in [2.24, 2.45) is 0 Å². The minimum Gasteiger partial charge on any atom is -0.485 e. The fourth-order valence-corrected chi connectivity index (χ4v) is 2.55. The lowest BCUT2D eigenvalue weighted by atomic mass is 10.1. The van der Waals surface area contributed by atoms with Crippen molar-refractivity contribution in [2.75, 3.05) is 6.54 Å². The lowest BCUT2D eigenvalue weighted by molar-refractivity contribution is -0.129. The Kier molecular flexibility index (Phi) is 4.09. The second kappa shape index (κ2) is 6.17. The van der Waals surface area contributed by atoms with Crippen LogP contribution in [0.25, 0.3) is 0 Å². The molecule has 0 spiro atoms. The summed E-state index contributed by atoms with van der Waals surface area (Å²) in [6.07, 6.45) is 0.430. The van der Waals surface area contributed by atoms with Gasteiger partial charge in [-0.25, -0.2) is 0 Å². The molecule has 1 atom stereocenters. The molecule has 2 aromatic rings. The molecule has 3 rings (SSSR count). The predicted octanol–water partition coefficient (Wildman–Crippen LogP) is 2.37. The first-order valence-electron chi connectivity index (χ1n) is 7.43. The van der Waals surface area contributed by atoms with Crippen LogP contribution >= 0.6 is 0 Å². The molecule has 1 aromatic heterocycles. The van der Waals surface area contributed by atoms with Gasteiger partial charge < -0.3 is 14.2 Å². The van der Waals surface area contributed by atoms with E-state index >= 15 is 0 Å². The Bertz CT molecular complexity index is 639. The SMILES string of the molecule is CC(C)N1CC(c2nc(COc3ccccc3)no2)CC1=O. The van der Waals surface area contributed by atoms with Crippen LogP contribution in [-0.2, 0) is 11.4 Å². The van der Waals surface area contributed by atoms with Crippen molar-refractivity contribution in [1.29, 1.82) is 0 Å². The van der Waals surface area contributed by atoms with E-state index in [4.69, 9.17) is 9.26 Å². The van der Waals surface area contributed by atoms with Gasteiger partial charge in [0.25, 0.3) is 0 Å². The van der Waals surface area contributed by atoms with Gasteiger partial charge in [0, 0.05) is 19.0 Å². The molecule has 0 bridgehead atoms. The van der Waals surface area contributed by atoms with Crippen molar-refractivity contribution in [3.05, 3.63) is 42.0 Å². The number of nitrogens with zero attached hydrogens (tertiary/aromatic N) is 3. The summed E-state index contributed by atoms with van der Waals surface area (Å²) in [6, 6.07) is 9.68. The molecular weight excluding hydrogens is 282 g/mol. The quantitative estimate of drug-likeness (QED) is 0.848. The molecule has 6 nitrogen and oxygen atoms in total.